The number of nitrogens with two attached hydrogens (primary N) is 1. The Morgan fingerprint density at radius 3 is 2.67 bits per heavy atom. The standard InChI is InChI=1S/C18H23N3O2S/c1-12-16(14-6-10-24-11-14)17(18(19)23)13(2)21(12)9-4-8-20-7-3-5-15(20)22/h6,10-11H,3-5,7-9H2,1-2H3,(H2,19,23). The molecule has 2 aromatic rings. The van der Waals surface area contributed by atoms with Crippen LogP contribution in [0.15, 0.2) is 16.8 Å². The maximum absolute atomic E-state index is 12.0. The lowest BCUT2D eigenvalue weighted by molar-refractivity contribution is -0.127. The number of carbonyl (C=O) groups excluding carboxylic acids is 2. The van der Waals surface area contributed by atoms with Crippen molar-refractivity contribution in [2.75, 3.05) is 13.1 Å². The highest BCUT2D eigenvalue weighted by Crippen LogP contribution is 2.33. The average Bonchev–Trinajstić information content (AvgIpc) is 3.23. The summed E-state index contributed by atoms with van der Waals surface area (Å²) in [4.78, 5) is 25.6. The first-order chi connectivity index (χ1) is 11.5. The molecule has 1 fully saturated rings. The van der Waals surface area contributed by atoms with E-state index in [0.717, 1.165) is 55.0 Å². The van der Waals surface area contributed by atoms with E-state index in [1.807, 2.05) is 35.6 Å². The first-order valence-electron chi connectivity index (χ1n) is 8.30. The summed E-state index contributed by atoms with van der Waals surface area (Å²) < 4.78 is 2.16. The van der Waals surface area contributed by atoms with Gasteiger partial charge in [0.15, 0.2) is 0 Å². The van der Waals surface area contributed by atoms with Crippen molar-refractivity contribution in [3.8, 4) is 11.1 Å². The van der Waals surface area contributed by atoms with Gasteiger partial charge in [0.1, 0.15) is 0 Å². The summed E-state index contributed by atoms with van der Waals surface area (Å²) in [7, 11) is 0. The van der Waals surface area contributed by atoms with Gasteiger partial charge in [-0.2, -0.15) is 11.3 Å². The smallest absolute Gasteiger partial charge is 0.251 e. The molecular weight excluding hydrogens is 322 g/mol. The van der Waals surface area contributed by atoms with E-state index in [4.69, 9.17) is 5.73 Å². The minimum Gasteiger partial charge on any atom is -0.366 e. The first-order valence-corrected chi connectivity index (χ1v) is 9.24. The number of primary amides is 1. The largest absolute Gasteiger partial charge is 0.366 e. The van der Waals surface area contributed by atoms with Crippen molar-refractivity contribution in [1.82, 2.24) is 9.47 Å². The Hall–Kier alpha value is -2.08. The van der Waals surface area contributed by atoms with Crippen LogP contribution in [-0.2, 0) is 11.3 Å². The van der Waals surface area contributed by atoms with Crippen LogP contribution in [0.5, 0.6) is 0 Å². The molecule has 1 saturated heterocycles. The normalized spacial score (nSPS) is 14.6. The molecule has 3 heterocycles. The van der Waals surface area contributed by atoms with E-state index in [1.54, 1.807) is 11.3 Å². The lowest BCUT2D eigenvalue weighted by atomic mass is 10.0. The molecule has 0 saturated carbocycles. The molecule has 0 atom stereocenters. The molecule has 24 heavy (non-hydrogen) atoms. The summed E-state index contributed by atoms with van der Waals surface area (Å²) in [5.74, 6) is -0.127. The minimum absolute atomic E-state index is 0.257. The van der Waals surface area contributed by atoms with E-state index in [9.17, 15) is 9.59 Å². The number of hydrogen-bond donors (Lipinski definition) is 1. The molecule has 2 amide bonds. The van der Waals surface area contributed by atoms with Gasteiger partial charge in [-0.15, -0.1) is 0 Å². The van der Waals surface area contributed by atoms with Gasteiger partial charge in [-0.25, -0.2) is 0 Å². The summed E-state index contributed by atoms with van der Waals surface area (Å²) in [6.45, 7) is 6.41. The summed E-state index contributed by atoms with van der Waals surface area (Å²) >= 11 is 1.61. The van der Waals surface area contributed by atoms with Gasteiger partial charge in [0.25, 0.3) is 5.91 Å². The predicted octanol–water partition coefficient (Wildman–Crippen LogP) is 2.94. The van der Waals surface area contributed by atoms with E-state index in [1.165, 1.54) is 0 Å². The molecule has 6 heteroatoms. The molecule has 2 aromatic heterocycles. The number of hydrogen-bond acceptors (Lipinski definition) is 3. The second-order valence-corrected chi connectivity index (χ2v) is 7.07. The second-order valence-electron chi connectivity index (χ2n) is 6.29. The van der Waals surface area contributed by atoms with Crippen LogP contribution in [0.2, 0.25) is 0 Å². The maximum Gasteiger partial charge on any atom is 0.251 e. The Labute approximate surface area is 146 Å². The molecule has 128 valence electrons. The number of thiophene rings is 1. The molecule has 0 radical (unpaired) electrons. The topological polar surface area (TPSA) is 68.3 Å². The van der Waals surface area contributed by atoms with E-state index in [2.05, 4.69) is 4.57 Å². The summed E-state index contributed by atoms with van der Waals surface area (Å²) in [5.41, 5.74) is 10.2. The zero-order chi connectivity index (χ0) is 17.3. The van der Waals surface area contributed by atoms with Crippen LogP contribution < -0.4 is 5.73 Å². The highest BCUT2D eigenvalue weighted by molar-refractivity contribution is 7.08. The second kappa shape index (κ2) is 6.81. The van der Waals surface area contributed by atoms with Crippen LogP contribution in [0.25, 0.3) is 11.1 Å². The quantitative estimate of drug-likeness (QED) is 0.874. The molecule has 3 rings (SSSR count). The molecule has 2 N–H and O–H groups in total. The highest BCUT2D eigenvalue weighted by Gasteiger charge is 2.23. The van der Waals surface area contributed by atoms with Crippen LogP contribution >= 0.6 is 11.3 Å². The third kappa shape index (κ3) is 2.98. The lowest BCUT2D eigenvalue weighted by Gasteiger charge is -2.16. The number of amides is 2. The molecule has 0 unspecified atom stereocenters. The molecule has 1 aliphatic heterocycles. The minimum atomic E-state index is -0.384. The van der Waals surface area contributed by atoms with E-state index < -0.39 is 0 Å². The van der Waals surface area contributed by atoms with Gasteiger partial charge in [-0.05, 0) is 49.1 Å². The molecule has 5 nitrogen and oxygen atoms in total. The van der Waals surface area contributed by atoms with E-state index >= 15 is 0 Å². The summed E-state index contributed by atoms with van der Waals surface area (Å²) in [5, 5.41) is 4.05. The zero-order valence-electron chi connectivity index (χ0n) is 14.2. The summed E-state index contributed by atoms with van der Waals surface area (Å²) in [6, 6.07) is 2.02. The fourth-order valence-corrected chi connectivity index (χ4v) is 4.29. The number of carbonyl (C=O) groups is 2. The van der Waals surface area contributed by atoms with Gasteiger partial charge in [0.2, 0.25) is 5.91 Å². The zero-order valence-corrected chi connectivity index (χ0v) is 15.0. The average molecular weight is 345 g/mol. The molecule has 0 aromatic carbocycles. The van der Waals surface area contributed by atoms with Gasteiger partial charge >= 0.3 is 0 Å². The molecular formula is C18H23N3O2S. The number of likely N-dealkylation sites (tertiary alicyclic amines) is 1. The van der Waals surface area contributed by atoms with Crippen molar-refractivity contribution < 1.29 is 9.59 Å². The van der Waals surface area contributed by atoms with Gasteiger partial charge in [0.05, 0.1) is 5.56 Å². The van der Waals surface area contributed by atoms with Crippen LogP contribution in [0, 0.1) is 13.8 Å². The van der Waals surface area contributed by atoms with E-state index in [0.29, 0.717) is 12.0 Å². The SMILES string of the molecule is Cc1c(C(N)=O)c(-c2ccsc2)c(C)n1CCCN1CCCC1=O. The monoisotopic (exact) mass is 345 g/mol. The van der Waals surface area contributed by atoms with E-state index in [-0.39, 0.29) is 11.8 Å². The van der Waals surface area contributed by atoms with Gasteiger partial charge < -0.3 is 15.2 Å². The number of aromatic nitrogens is 1. The Morgan fingerprint density at radius 1 is 1.29 bits per heavy atom. The van der Waals surface area contributed by atoms with Crippen molar-refractivity contribution in [2.24, 2.45) is 5.73 Å². The van der Waals surface area contributed by atoms with Crippen LogP contribution in [0.3, 0.4) is 0 Å². The van der Waals surface area contributed by atoms with Crippen molar-refractivity contribution >= 4 is 23.2 Å². The van der Waals surface area contributed by atoms with Crippen molar-refractivity contribution in [1.29, 1.82) is 0 Å². The lowest BCUT2D eigenvalue weighted by Crippen LogP contribution is -2.26. The summed E-state index contributed by atoms with van der Waals surface area (Å²) in [6.07, 6.45) is 2.52. The molecule has 0 bridgehead atoms. The fraction of sp³-hybridized carbons (Fsp3) is 0.444. The molecule has 0 spiro atoms. The number of nitrogens with zero attached hydrogens (tertiary/aromatic N) is 2. The maximum atomic E-state index is 12.0. The Morgan fingerprint density at radius 2 is 2.08 bits per heavy atom. The molecule has 1 aliphatic rings. The van der Waals surface area contributed by atoms with Crippen molar-refractivity contribution in [3.63, 3.8) is 0 Å². The fourth-order valence-electron chi connectivity index (χ4n) is 3.64. The van der Waals surface area contributed by atoms with Crippen LogP contribution in [0.1, 0.15) is 41.0 Å². The predicted molar refractivity (Wildman–Crippen MR) is 96.2 cm³/mol. The van der Waals surface area contributed by atoms with Crippen LogP contribution in [0.4, 0.5) is 0 Å². The van der Waals surface area contributed by atoms with Crippen molar-refractivity contribution in [2.45, 2.75) is 39.7 Å². The third-order valence-corrected chi connectivity index (χ3v) is 5.50. The Bertz CT molecular complexity index is 762. The first kappa shape index (κ1) is 16.8. The Kier molecular flexibility index (Phi) is 4.76. The molecule has 0 aliphatic carbocycles. The third-order valence-electron chi connectivity index (χ3n) is 4.82. The number of rotatable bonds is 6. The Balaban J connectivity index is 1.84. The van der Waals surface area contributed by atoms with Gasteiger partial charge in [0, 0.05) is 43.0 Å². The van der Waals surface area contributed by atoms with Gasteiger partial charge in [-0.1, -0.05) is 0 Å². The van der Waals surface area contributed by atoms with Crippen LogP contribution in [-0.4, -0.2) is 34.4 Å². The van der Waals surface area contributed by atoms with Crippen molar-refractivity contribution in [3.05, 3.63) is 33.8 Å². The van der Waals surface area contributed by atoms with Gasteiger partial charge in [-0.3, -0.25) is 9.59 Å². The highest BCUT2D eigenvalue weighted by atomic mass is 32.1.